The third-order valence-corrected chi connectivity index (χ3v) is 4.28. The van der Waals surface area contributed by atoms with Crippen LogP contribution in [0.3, 0.4) is 0 Å². The summed E-state index contributed by atoms with van der Waals surface area (Å²) in [4.78, 5) is 13.1. The average Bonchev–Trinajstić information content (AvgIpc) is 3.18. The first kappa shape index (κ1) is 15.3. The van der Waals surface area contributed by atoms with Gasteiger partial charge < -0.3 is 10.6 Å². The van der Waals surface area contributed by atoms with E-state index in [0.717, 1.165) is 27.8 Å². The monoisotopic (exact) mass is 345 g/mol. The number of rotatable bonds is 5. The lowest BCUT2D eigenvalue weighted by Crippen LogP contribution is -1.98. The van der Waals surface area contributed by atoms with Gasteiger partial charge in [0.25, 0.3) is 0 Å². The van der Waals surface area contributed by atoms with E-state index in [9.17, 15) is 0 Å². The van der Waals surface area contributed by atoms with E-state index in [1.165, 1.54) is 0 Å². The zero-order chi connectivity index (χ0) is 16.9. The Morgan fingerprint density at radius 2 is 1.52 bits per heavy atom. The Labute approximate surface area is 149 Å². The number of para-hydroxylation sites is 1. The van der Waals surface area contributed by atoms with Crippen molar-refractivity contribution in [2.75, 3.05) is 10.6 Å². The molecule has 0 radical (unpaired) electrons. The molecule has 2 N–H and O–H groups in total. The van der Waals surface area contributed by atoms with E-state index in [1.807, 2.05) is 66.0 Å². The molecule has 0 aliphatic heterocycles. The van der Waals surface area contributed by atoms with Gasteiger partial charge in [-0.1, -0.05) is 24.3 Å². The van der Waals surface area contributed by atoms with E-state index in [0.29, 0.717) is 5.95 Å². The van der Waals surface area contributed by atoms with Crippen molar-refractivity contribution in [3.8, 4) is 10.7 Å². The molecule has 2 aromatic carbocycles. The van der Waals surface area contributed by atoms with Crippen LogP contribution in [0.15, 0.2) is 78.4 Å². The third kappa shape index (κ3) is 3.81. The van der Waals surface area contributed by atoms with Gasteiger partial charge in [0.05, 0.1) is 0 Å². The normalized spacial score (nSPS) is 10.4. The summed E-state index contributed by atoms with van der Waals surface area (Å²) in [6.07, 6.45) is 3.51. The molecule has 4 aromatic rings. The van der Waals surface area contributed by atoms with Crippen LogP contribution in [0.5, 0.6) is 0 Å². The number of nitrogens with one attached hydrogen (secondary N) is 2. The molecule has 122 valence electrons. The van der Waals surface area contributed by atoms with Gasteiger partial charge in [-0.2, -0.15) is 0 Å². The van der Waals surface area contributed by atoms with Gasteiger partial charge in [0.15, 0.2) is 0 Å². The summed E-state index contributed by atoms with van der Waals surface area (Å²) >= 11 is 1.56. The van der Waals surface area contributed by atoms with Crippen molar-refractivity contribution in [2.24, 2.45) is 0 Å². The molecule has 4 rings (SSSR count). The molecule has 2 heterocycles. The fraction of sp³-hybridized carbons (Fsp3) is 0. The smallest absolute Gasteiger partial charge is 0.227 e. The van der Waals surface area contributed by atoms with E-state index in [4.69, 9.17) is 0 Å². The van der Waals surface area contributed by atoms with Crippen molar-refractivity contribution < 1.29 is 0 Å². The quantitative estimate of drug-likeness (QED) is 0.528. The lowest BCUT2D eigenvalue weighted by molar-refractivity contribution is 1.16. The first-order valence-electron chi connectivity index (χ1n) is 7.79. The minimum atomic E-state index is 0.546. The Morgan fingerprint density at radius 3 is 2.32 bits per heavy atom. The van der Waals surface area contributed by atoms with Crippen LogP contribution < -0.4 is 10.6 Å². The fourth-order valence-corrected chi connectivity index (χ4v) is 2.99. The highest BCUT2D eigenvalue weighted by Gasteiger charge is 2.05. The van der Waals surface area contributed by atoms with Gasteiger partial charge in [0, 0.05) is 34.8 Å². The Morgan fingerprint density at radius 1 is 0.720 bits per heavy atom. The van der Waals surface area contributed by atoms with E-state index >= 15 is 0 Å². The molecule has 0 aliphatic carbocycles. The van der Waals surface area contributed by atoms with Gasteiger partial charge >= 0.3 is 0 Å². The Hall–Kier alpha value is -3.25. The topological polar surface area (TPSA) is 62.7 Å². The molecule has 0 unspecified atom stereocenters. The van der Waals surface area contributed by atoms with Gasteiger partial charge in [-0.25, -0.2) is 15.0 Å². The SMILES string of the molecule is c1ccc(Nc2cccc(Nc3nccc(-c4nccs4)n3)c2)cc1. The average molecular weight is 345 g/mol. The molecule has 5 nitrogen and oxygen atoms in total. The Bertz CT molecular complexity index is 954. The summed E-state index contributed by atoms with van der Waals surface area (Å²) < 4.78 is 0. The lowest BCUT2D eigenvalue weighted by atomic mass is 10.2. The van der Waals surface area contributed by atoms with Crippen molar-refractivity contribution in [1.29, 1.82) is 0 Å². The summed E-state index contributed by atoms with van der Waals surface area (Å²) in [6.45, 7) is 0. The first-order chi connectivity index (χ1) is 12.4. The number of aromatic nitrogens is 3. The van der Waals surface area contributed by atoms with Gasteiger partial charge in [-0.15, -0.1) is 11.3 Å². The number of hydrogen-bond donors (Lipinski definition) is 2. The zero-order valence-electron chi connectivity index (χ0n) is 13.3. The standard InChI is InChI=1S/C19H15N5S/c1-2-5-14(6-3-1)22-15-7-4-8-16(13-15)23-19-21-10-9-17(24-19)18-20-11-12-25-18/h1-13,22H,(H,21,23,24). The second kappa shape index (κ2) is 7.11. The van der Waals surface area contributed by atoms with Crippen molar-refractivity contribution in [3.63, 3.8) is 0 Å². The molecule has 6 heteroatoms. The van der Waals surface area contributed by atoms with Crippen LogP contribution in [0.4, 0.5) is 23.0 Å². The van der Waals surface area contributed by atoms with E-state index in [2.05, 4.69) is 25.6 Å². The molecule has 0 aliphatic rings. The number of anilines is 4. The second-order valence-corrected chi connectivity index (χ2v) is 6.19. The molecule has 25 heavy (non-hydrogen) atoms. The van der Waals surface area contributed by atoms with Crippen molar-refractivity contribution in [1.82, 2.24) is 15.0 Å². The fourth-order valence-electron chi connectivity index (χ4n) is 2.38. The van der Waals surface area contributed by atoms with Crippen LogP contribution in [-0.2, 0) is 0 Å². The van der Waals surface area contributed by atoms with Crippen LogP contribution in [0, 0.1) is 0 Å². The summed E-state index contributed by atoms with van der Waals surface area (Å²) in [5, 5.41) is 9.44. The maximum atomic E-state index is 4.53. The van der Waals surface area contributed by atoms with E-state index in [1.54, 1.807) is 23.7 Å². The van der Waals surface area contributed by atoms with Gasteiger partial charge in [-0.05, 0) is 36.4 Å². The molecule has 0 fully saturated rings. The largest absolute Gasteiger partial charge is 0.355 e. The predicted octanol–water partition coefficient (Wildman–Crippen LogP) is 5.09. The van der Waals surface area contributed by atoms with Crippen LogP contribution in [-0.4, -0.2) is 15.0 Å². The minimum absolute atomic E-state index is 0.546. The Kier molecular flexibility index (Phi) is 4.35. The second-order valence-electron chi connectivity index (χ2n) is 5.30. The number of hydrogen-bond acceptors (Lipinski definition) is 6. The van der Waals surface area contributed by atoms with Gasteiger partial charge in [0.2, 0.25) is 5.95 Å². The highest BCUT2D eigenvalue weighted by Crippen LogP contribution is 2.23. The first-order valence-corrected chi connectivity index (χ1v) is 8.67. The number of thiazole rings is 1. The summed E-state index contributed by atoms with van der Waals surface area (Å²) in [6, 6.07) is 19.9. The molecule has 0 saturated heterocycles. The highest BCUT2D eigenvalue weighted by atomic mass is 32.1. The van der Waals surface area contributed by atoms with Crippen LogP contribution in [0.1, 0.15) is 0 Å². The van der Waals surface area contributed by atoms with E-state index in [-0.39, 0.29) is 0 Å². The highest BCUT2D eigenvalue weighted by molar-refractivity contribution is 7.13. The number of nitrogens with zero attached hydrogens (tertiary/aromatic N) is 3. The summed E-state index contributed by atoms with van der Waals surface area (Å²) in [7, 11) is 0. The minimum Gasteiger partial charge on any atom is -0.355 e. The lowest BCUT2D eigenvalue weighted by Gasteiger charge is -2.09. The summed E-state index contributed by atoms with van der Waals surface area (Å²) in [5.41, 5.74) is 3.76. The number of benzene rings is 2. The van der Waals surface area contributed by atoms with Crippen LogP contribution in [0.25, 0.3) is 10.7 Å². The van der Waals surface area contributed by atoms with Crippen molar-refractivity contribution in [3.05, 3.63) is 78.4 Å². The Balaban J connectivity index is 1.53. The molecule has 0 saturated carbocycles. The van der Waals surface area contributed by atoms with Crippen molar-refractivity contribution in [2.45, 2.75) is 0 Å². The maximum absolute atomic E-state index is 4.53. The van der Waals surface area contributed by atoms with Crippen LogP contribution in [0.2, 0.25) is 0 Å². The third-order valence-electron chi connectivity index (χ3n) is 3.49. The summed E-state index contributed by atoms with van der Waals surface area (Å²) in [5.74, 6) is 0.546. The molecule has 0 bridgehead atoms. The zero-order valence-corrected chi connectivity index (χ0v) is 14.1. The maximum Gasteiger partial charge on any atom is 0.227 e. The molecular weight excluding hydrogens is 330 g/mol. The molecule has 0 amide bonds. The molecule has 2 aromatic heterocycles. The predicted molar refractivity (Wildman–Crippen MR) is 103 cm³/mol. The molecule has 0 atom stereocenters. The van der Waals surface area contributed by atoms with Gasteiger partial charge in [0.1, 0.15) is 10.7 Å². The molecular formula is C19H15N5S. The van der Waals surface area contributed by atoms with Crippen molar-refractivity contribution >= 4 is 34.3 Å². The molecule has 0 spiro atoms. The van der Waals surface area contributed by atoms with Crippen LogP contribution >= 0.6 is 11.3 Å². The van der Waals surface area contributed by atoms with Gasteiger partial charge in [-0.3, -0.25) is 0 Å². The van der Waals surface area contributed by atoms with E-state index < -0.39 is 0 Å².